The van der Waals surface area contributed by atoms with Crippen molar-refractivity contribution in [1.29, 1.82) is 0 Å². The molecule has 0 saturated heterocycles. The van der Waals surface area contributed by atoms with Crippen molar-refractivity contribution >= 4 is 29.0 Å². The number of aliphatic hydroxyl groups is 1. The second kappa shape index (κ2) is 6.96. The Morgan fingerprint density at radius 2 is 2.20 bits per heavy atom. The van der Waals surface area contributed by atoms with E-state index in [0.717, 1.165) is 35.6 Å². The summed E-state index contributed by atoms with van der Waals surface area (Å²) in [6, 6.07) is 2.04. The van der Waals surface area contributed by atoms with Crippen LogP contribution >= 0.6 is 23.1 Å². The van der Waals surface area contributed by atoms with Gasteiger partial charge in [-0.1, -0.05) is 13.8 Å². The Kier molecular flexibility index (Phi) is 5.52. The second-order valence-corrected chi connectivity index (χ2v) is 7.65. The van der Waals surface area contributed by atoms with Crippen LogP contribution in [0, 0.1) is 5.41 Å². The van der Waals surface area contributed by atoms with Gasteiger partial charge in [0, 0.05) is 22.6 Å². The molecule has 2 N–H and O–H groups in total. The number of thioether (sulfide) groups is 1. The molecule has 112 valence electrons. The summed E-state index contributed by atoms with van der Waals surface area (Å²) in [5.41, 5.74) is 1.15. The third-order valence-corrected chi connectivity index (χ3v) is 6.55. The van der Waals surface area contributed by atoms with Gasteiger partial charge >= 0.3 is 0 Å². The molecular formula is C15H23NO2S2. The maximum Gasteiger partial charge on any atom is 0.261 e. The van der Waals surface area contributed by atoms with E-state index in [1.165, 1.54) is 10.4 Å². The predicted molar refractivity (Wildman–Crippen MR) is 86.6 cm³/mol. The minimum Gasteiger partial charge on any atom is -0.396 e. The molecule has 5 heteroatoms. The summed E-state index contributed by atoms with van der Waals surface area (Å²) in [6.45, 7) is 4.80. The average molecular weight is 313 g/mol. The van der Waals surface area contributed by atoms with Crippen molar-refractivity contribution in [3.05, 3.63) is 21.4 Å². The Bertz CT molecular complexity index is 435. The smallest absolute Gasteiger partial charge is 0.261 e. The first-order valence-corrected chi connectivity index (χ1v) is 9.19. The fourth-order valence-electron chi connectivity index (χ4n) is 2.39. The summed E-state index contributed by atoms with van der Waals surface area (Å²) < 4.78 is 0. The van der Waals surface area contributed by atoms with E-state index in [1.54, 1.807) is 11.3 Å². The van der Waals surface area contributed by atoms with Crippen molar-refractivity contribution in [2.45, 2.75) is 38.9 Å². The zero-order chi connectivity index (χ0) is 14.6. The predicted octanol–water partition coefficient (Wildman–Crippen LogP) is 3.07. The number of amides is 1. The molecule has 0 saturated carbocycles. The quantitative estimate of drug-likeness (QED) is 0.848. The van der Waals surface area contributed by atoms with Gasteiger partial charge < -0.3 is 10.4 Å². The number of fused-ring (bicyclic) bond motifs is 1. The molecule has 0 bridgehead atoms. The Hall–Kier alpha value is -0.520. The lowest BCUT2D eigenvalue weighted by Crippen LogP contribution is -2.39. The van der Waals surface area contributed by atoms with E-state index in [0.29, 0.717) is 6.54 Å². The number of carbonyl (C=O) groups excluding carboxylic acids is 1. The van der Waals surface area contributed by atoms with Crippen molar-refractivity contribution in [3.8, 4) is 0 Å². The number of nitrogens with one attached hydrogen (secondary N) is 1. The van der Waals surface area contributed by atoms with Gasteiger partial charge in [0.1, 0.15) is 0 Å². The molecule has 1 amide bonds. The van der Waals surface area contributed by atoms with E-state index >= 15 is 0 Å². The molecule has 3 nitrogen and oxygen atoms in total. The van der Waals surface area contributed by atoms with Crippen molar-refractivity contribution in [1.82, 2.24) is 5.32 Å². The van der Waals surface area contributed by atoms with Gasteiger partial charge in [0.05, 0.1) is 11.5 Å². The molecule has 0 radical (unpaired) electrons. The van der Waals surface area contributed by atoms with Gasteiger partial charge in [-0.2, -0.15) is 11.8 Å². The van der Waals surface area contributed by atoms with Crippen LogP contribution in [0.5, 0.6) is 0 Å². The van der Waals surface area contributed by atoms with Gasteiger partial charge in [-0.15, -0.1) is 11.3 Å². The summed E-state index contributed by atoms with van der Waals surface area (Å²) in [5, 5.41) is 12.5. The third-order valence-electron chi connectivity index (χ3n) is 4.31. The first-order valence-electron chi connectivity index (χ1n) is 7.22. The van der Waals surface area contributed by atoms with Gasteiger partial charge in [0.2, 0.25) is 0 Å². The molecule has 20 heavy (non-hydrogen) atoms. The van der Waals surface area contributed by atoms with E-state index < -0.39 is 0 Å². The number of aliphatic hydroxyl groups excluding tert-OH is 1. The molecule has 1 aliphatic rings. The maximum atomic E-state index is 12.3. The molecular weight excluding hydrogens is 290 g/mol. The highest BCUT2D eigenvalue weighted by atomic mass is 32.2. The molecule has 1 aromatic rings. The second-order valence-electron chi connectivity index (χ2n) is 5.41. The lowest BCUT2D eigenvalue weighted by molar-refractivity contribution is 0.0854. The Labute approximate surface area is 129 Å². The maximum absolute atomic E-state index is 12.3. The first kappa shape index (κ1) is 15.9. The van der Waals surface area contributed by atoms with E-state index in [4.69, 9.17) is 0 Å². The van der Waals surface area contributed by atoms with Crippen LogP contribution in [0.4, 0.5) is 0 Å². The normalized spacial score (nSPS) is 14.9. The van der Waals surface area contributed by atoms with Gasteiger partial charge in [-0.05, 0) is 36.6 Å². The standard InChI is InChI=1S/C15H23NO2S2/c1-3-15(4-2,10-17)9-16-14(18)13-7-11-8-19-6-5-12(11)20-13/h7,17H,3-6,8-10H2,1-2H3,(H,16,18). The number of carbonyl (C=O) groups is 1. The monoisotopic (exact) mass is 313 g/mol. The number of hydrogen-bond acceptors (Lipinski definition) is 4. The Morgan fingerprint density at radius 1 is 1.45 bits per heavy atom. The molecule has 0 aliphatic carbocycles. The van der Waals surface area contributed by atoms with E-state index in [-0.39, 0.29) is 17.9 Å². The van der Waals surface area contributed by atoms with Gasteiger partial charge in [-0.25, -0.2) is 0 Å². The summed E-state index contributed by atoms with van der Waals surface area (Å²) in [4.78, 5) is 14.5. The highest BCUT2D eigenvalue weighted by Crippen LogP contribution is 2.32. The van der Waals surface area contributed by atoms with Crippen molar-refractivity contribution in [2.24, 2.45) is 5.41 Å². The lowest BCUT2D eigenvalue weighted by Gasteiger charge is -2.29. The number of thiophene rings is 1. The lowest BCUT2D eigenvalue weighted by atomic mass is 9.83. The van der Waals surface area contributed by atoms with Crippen LogP contribution in [0.2, 0.25) is 0 Å². The highest BCUT2D eigenvalue weighted by Gasteiger charge is 2.26. The number of aryl methyl sites for hydroxylation is 1. The zero-order valence-corrected chi connectivity index (χ0v) is 13.8. The van der Waals surface area contributed by atoms with Crippen LogP contribution in [-0.2, 0) is 12.2 Å². The largest absolute Gasteiger partial charge is 0.396 e. The average Bonchev–Trinajstić information content (AvgIpc) is 2.93. The molecule has 0 spiro atoms. The minimum absolute atomic E-state index is 0.00845. The van der Waals surface area contributed by atoms with Crippen molar-refractivity contribution in [3.63, 3.8) is 0 Å². The third kappa shape index (κ3) is 3.38. The topological polar surface area (TPSA) is 49.3 Å². The Morgan fingerprint density at radius 3 is 2.80 bits per heavy atom. The molecule has 0 aromatic carbocycles. The van der Waals surface area contributed by atoms with Crippen molar-refractivity contribution in [2.75, 3.05) is 18.9 Å². The minimum atomic E-state index is -0.178. The van der Waals surface area contributed by atoms with Gasteiger partial charge in [0.15, 0.2) is 0 Å². The van der Waals surface area contributed by atoms with Crippen LogP contribution in [-0.4, -0.2) is 29.9 Å². The number of hydrogen-bond donors (Lipinski definition) is 2. The first-order chi connectivity index (χ1) is 9.64. The van der Waals surface area contributed by atoms with Gasteiger partial charge in [-0.3, -0.25) is 4.79 Å². The van der Waals surface area contributed by atoms with Gasteiger partial charge in [0.25, 0.3) is 5.91 Å². The molecule has 1 aliphatic heterocycles. The van der Waals surface area contributed by atoms with Crippen LogP contribution < -0.4 is 5.32 Å². The summed E-state index contributed by atoms with van der Waals surface area (Å²) >= 11 is 3.56. The zero-order valence-electron chi connectivity index (χ0n) is 12.2. The fourth-order valence-corrected chi connectivity index (χ4v) is 4.68. The van der Waals surface area contributed by atoms with Crippen LogP contribution in [0.1, 0.15) is 46.8 Å². The summed E-state index contributed by atoms with van der Waals surface area (Å²) in [7, 11) is 0. The summed E-state index contributed by atoms with van der Waals surface area (Å²) in [6.07, 6.45) is 2.83. The fraction of sp³-hybridized carbons (Fsp3) is 0.667. The SMILES string of the molecule is CCC(CC)(CO)CNC(=O)c1cc2c(s1)CCSC2. The summed E-state index contributed by atoms with van der Waals surface area (Å²) in [5.74, 6) is 2.20. The molecule has 2 heterocycles. The Balaban J connectivity index is 1.99. The van der Waals surface area contributed by atoms with Crippen molar-refractivity contribution < 1.29 is 9.90 Å². The molecule has 0 unspecified atom stereocenters. The molecule has 0 fully saturated rings. The van der Waals surface area contributed by atoms with E-state index in [2.05, 4.69) is 19.2 Å². The highest BCUT2D eigenvalue weighted by molar-refractivity contribution is 7.98. The van der Waals surface area contributed by atoms with Crippen LogP contribution in [0.3, 0.4) is 0 Å². The molecule has 1 aromatic heterocycles. The molecule has 2 rings (SSSR count). The van der Waals surface area contributed by atoms with Crippen LogP contribution in [0.15, 0.2) is 6.07 Å². The van der Waals surface area contributed by atoms with Crippen LogP contribution in [0.25, 0.3) is 0 Å². The molecule has 0 atom stereocenters. The van der Waals surface area contributed by atoms with E-state index in [1.807, 2.05) is 17.8 Å². The van der Waals surface area contributed by atoms with E-state index in [9.17, 15) is 9.90 Å². The number of rotatable bonds is 6.